The maximum absolute atomic E-state index is 11.1. The van der Waals surface area contributed by atoms with Gasteiger partial charge in [-0.2, -0.15) is 5.10 Å². The molecule has 5 nitrogen and oxygen atoms in total. The van der Waals surface area contributed by atoms with E-state index in [4.69, 9.17) is 22.9 Å². The molecule has 0 atom stereocenters. The lowest BCUT2D eigenvalue weighted by Gasteiger charge is -2.12. The normalized spacial score (nSPS) is 10.3. The van der Waals surface area contributed by atoms with Gasteiger partial charge in [0.2, 0.25) is 0 Å². The van der Waals surface area contributed by atoms with Crippen molar-refractivity contribution in [2.45, 2.75) is 13.3 Å². The van der Waals surface area contributed by atoms with E-state index in [1.54, 1.807) is 30.3 Å². The van der Waals surface area contributed by atoms with Gasteiger partial charge in [-0.05, 0) is 48.4 Å². The van der Waals surface area contributed by atoms with Crippen molar-refractivity contribution in [2.24, 2.45) is 0 Å². The largest absolute Gasteiger partial charge is 0.456 e. The molecule has 0 bridgehead atoms. The van der Waals surface area contributed by atoms with E-state index >= 15 is 0 Å². The number of ether oxygens (including phenoxy) is 1. The molecular formula is C19H14ClN3O2. The minimum Gasteiger partial charge on any atom is -0.456 e. The first-order valence-corrected chi connectivity index (χ1v) is 7.92. The molecule has 0 unspecified atom stereocenters. The van der Waals surface area contributed by atoms with Crippen LogP contribution in [0.2, 0.25) is 5.02 Å². The number of aryl methyl sites for hydroxylation is 1. The summed E-state index contributed by atoms with van der Waals surface area (Å²) in [6, 6.07) is 13.9. The van der Waals surface area contributed by atoms with Crippen LogP contribution >= 0.6 is 11.6 Å². The summed E-state index contributed by atoms with van der Waals surface area (Å²) in [6.45, 7) is 8.93. The molecule has 1 N–H and O–H groups in total. The summed E-state index contributed by atoms with van der Waals surface area (Å²) in [5.74, 6) is 1.18. The van der Waals surface area contributed by atoms with E-state index in [0.717, 1.165) is 16.8 Å². The molecule has 1 aromatic heterocycles. The van der Waals surface area contributed by atoms with Crippen LogP contribution in [0.15, 0.2) is 53.3 Å². The highest BCUT2D eigenvalue weighted by Crippen LogP contribution is 2.33. The Labute approximate surface area is 149 Å². The molecule has 0 spiro atoms. The molecule has 0 amide bonds. The van der Waals surface area contributed by atoms with E-state index in [1.807, 2.05) is 19.1 Å². The molecule has 0 aliphatic carbocycles. The summed E-state index contributed by atoms with van der Waals surface area (Å²) in [7, 11) is 0. The van der Waals surface area contributed by atoms with Crippen LogP contribution in [0.4, 0.5) is 5.69 Å². The SMILES string of the molecule is [C-]#[N+]c1ccc(Oc2cc(Cc3ccc(=O)[nH]n3)ccc2Cl)c(C)c1. The summed E-state index contributed by atoms with van der Waals surface area (Å²) in [4.78, 5) is 14.5. The molecule has 3 aromatic rings. The molecule has 6 heteroatoms. The van der Waals surface area contributed by atoms with Crippen LogP contribution in [-0.4, -0.2) is 10.2 Å². The van der Waals surface area contributed by atoms with E-state index in [0.29, 0.717) is 28.6 Å². The van der Waals surface area contributed by atoms with Crippen molar-refractivity contribution in [3.8, 4) is 11.5 Å². The Bertz CT molecular complexity index is 1000. The molecule has 0 saturated carbocycles. The van der Waals surface area contributed by atoms with Gasteiger partial charge < -0.3 is 4.74 Å². The van der Waals surface area contributed by atoms with Crippen LogP contribution in [0.25, 0.3) is 4.85 Å². The Kier molecular flexibility index (Phi) is 4.82. The molecule has 0 radical (unpaired) electrons. The topological polar surface area (TPSA) is 59.3 Å². The van der Waals surface area contributed by atoms with Gasteiger partial charge in [-0.15, -0.1) is 0 Å². The average Bonchev–Trinajstić information content (AvgIpc) is 2.61. The highest BCUT2D eigenvalue weighted by Gasteiger charge is 2.09. The van der Waals surface area contributed by atoms with Gasteiger partial charge in [0.15, 0.2) is 5.69 Å². The molecule has 2 aromatic carbocycles. The van der Waals surface area contributed by atoms with Crippen molar-refractivity contribution < 1.29 is 4.74 Å². The van der Waals surface area contributed by atoms with Gasteiger partial charge in [-0.1, -0.05) is 23.7 Å². The molecule has 3 rings (SSSR count). The summed E-state index contributed by atoms with van der Waals surface area (Å²) < 4.78 is 5.92. The second-order valence-electron chi connectivity index (χ2n) is 5.52. The van der Waals surface area contributed by atoms with Crippen LogP contribution < -0.4 is 10.3 Å². The van der Waals surface area contributed by atoms with Gasteiger partial charge in [0.1, 0.15) is 11.5 Å². The summed E-state index contributed by atoms with van der Waals surface area (Å²) in [6.07, 6.45) is 0.542. The zero-order chi connectivity index (χ0) is 17.8. The minimum absolute atomic E-state index is 0.234. The Hall–Kier alpha value is -3.10. The smallest absolute Gasteiger partial charge is 0.264 e. The molecule has 25 heavy (non-hydrogen) atoms. The Morgan fingerprint density at radius 1 is 1.16 bits per heavy atom. The molecule has 0 saturated heterocycles. The average molecular weight is 352 g/mol. The van der Waals surface area contributed by atoms with E-state index in [1.165, 1.54) is 6.07 Å². The quantitative estimate of drug-likeness (QED) is 0.695. The van der Waals surface area contributed by atoms with Gasteiger partial charge in [-0.25, -0.2) is 9.94 Å². The number of aromatic nitrogens is 2. The lowest BCUT2D eigenvalue weighted by atomic mass is 10.1. The minimum atomic E-state index is -0.234. The fourth-order valence-corrected chi connectivity index (χ4v) is 2.51. The first-order chi connectivity index (χ1) is 12.0. The van der Waals surface area contributed by atoms with E-state index in [9.17, 15) is 4.79 Å². The van der Waals surface area contributed by atoms with Crippen molar-refractivity contribution >= 4 is 17.3 Å². The van der Waals surface area contributed by atoms with Crippen LogP contribution in [0.1, 0.15) is 16.8 Å². The number of nitrogens with zero attached hydrogens (tertiary/aromatic N) is 2. The number of H-pyrrole nitrogens is 1. The van der Waals surface area contributed by atoms with Gasteiger partial charge in [0.05, 0.1) is 17.3 Å². The molecule has 0 aliphatic heterocycles. The highest BCUT2D eigenvalue weighted by atomic mass is 35.5. The van der Waals surface area contributed by atoms with Crippen molar-refractivity contribution in [3.05, 3.63) is 92.1 Å². The highest BCUT2D eigenvalue weighted by molar-refractivity contribution is 6.32. The van der Waals surface area contributed by atoms with Crippen molar-refractivity contribution in [1.82, 2.24) is 10.2 Å². The van der Waals surface area contributed by atoms with Crippen molar-refractivity contribution in [1.29, 1.82) is 0 Å². The second-order valence-corrected chi connectivity index (χ2v) is 5.92. The maximum atomic E-state index is 11.1. The number of rotatable bonds is 4. The molecule has 0 fully saturated rings. The molecule has 0 aliphatic rings. The van der Waals surface area contributed by atoms with Crippen LogP contribution in [0, 0.1) is 13.5 Å². The fraction of sp³-hybridized carbons (Fsp3) is 0.105. The van der Waals surface area contributed by atoms with E-state index < -0.39 is 0 Å². The number of halogens is 1. The monoisotopic (exact) mass is 351 g/mol. The summed E-state index contributed by atoms with van der Waals surface area (Å²) in [5.41, 5.74) is 2.88. The third-order valence-electron chi connectivity index (χ3n) is 3.63. The number of hydrogen-bond acceptors (Lipinski definition) is 3. The molecule has 124 valence electrons. The summed E-state index contributed by atoms with van der Waals surface area (Å²) >= 11 is 6.24. The van der Waals surface area contributed by atoms with Gasteiger partial charge in [0, 0.05) is 12.5 Å². The zero-order valence-electron chi connectivity index (χ0n) is 13.4. The number of nitrogens with one attached hydrogen (secondary N) is 1. The fourth-order valence-electron chi connectivity index (χ4n) is 2.35. The maximum Gasteiger partial charge on any atom is 0.264 e. The Balaban J connectivity index is 1.85. The third-order valence-corrected chi connectivity index (χ3v) is 3.94. The summed E-state index contributed by atoms with van der Waals surface area (Å²) in [5, 5.41) is 6.91. The van der Waals surface area contributed by atoms with Gasteiger partial charge in [0.25, 0.3) is 5.56 Å². The van der Waals surface area contributed by atoms with Crippen LogP contribution in [-0.2, 0) is 6.42 Å². The Morgan fingerprint density at radius 2 is 2.00 bits per heavy atom. The lowest BCUT2D eigenvalue weighted by molar-refractivity contribution is 0.478. The molecule has 1 heterocycles. The van der Waals surface area contributed by atoms with E-state index in [2.05, 4.69) is 15.0 Å². The van der Waals surface area contributed by atoms with Crippen molar-refractivity contribution in [2.75, 3.05) is 0 Å². The van der Waals surface area contributed by atoms with Crippen molar-refractivity contribution in [3.63, 3.8) is 0 Å². The predicted octanol–water partition coefficient (Wildman–Crippen LogP) is 4.67. The first-order valence-electron chi connectivity index (χ1n) is 7.54. The second kappa shape index (κ2) is 7.20. The van der Waals surface area contributed by atoms with Crippen LogP contribution in [0.5, 0.6) is 11.5 Å². The van der Waals surface area contributed by atoms with Gasteiger partial charge >= 0.3 is 0 Å². The van der Waals surface area contributed by atoms with Crippen LogP contribution in [0.3, 0.4) is 0 Å². The third kappa shape index (κ3) is 4.06. The number of benzene rings is 2. The van der Waals surface area contributed by atoms with E-state index in [-0.39, 0.29) is 5.56 Å². The standard InChI is InChI=1S/C19H14ClN3O2/c1-12-9-14(21-2)4-7-17(12)25-18-11-13(3-6-16(18)20)10-15-5-8-19(24)23-22-15/h3-9,11H,10H2,1H3,(H,23,24). The predicted molar refractivity (Wildman–Crippen MR) is 96.6 cm³/mol. The number of aromatic amines is 1. The Morgan fingerprint density at radius 3 is 2.68 bits per heavy atom. The lowest BCUT2D eigenvalue weighted by Crippen LogP contribution is -2.07. The van der Waals surface area contributed by atoms with Gasteiger partial charge in [-0.3, -0.25) is 4.79 Å². The zero-order valence-corrected chi connectivity index (χ0v) is 14.2. The number of hydrogen-bond donors (Lipinski definition) is 1. The first kappa shape index (κ1) is 16.7. The molecular weight excluding hydrogens is 338 g/mol.